The third-order valence-corrected chi connectivity index (χ3v) is 1.79. The molecule has 0 saturated heterocycles. The highest BCUT2D eigenvalue weighted by Gasteiger charge is 2.11. The molecule has 0 bridgehead atoms. The van der Waals surface area contributed by atoms with E-state index < -0.39 is 0 Å². The van der Waals surface area contributed by atoms with Crippen molar-refractivity contribution in [2.45, 2.75) is 41.5 Å². The van der Waals surface area contributed by atoms with Crippen LogP contribution in [0.1, 0.15) is 41.5 Å². The van der Waals surface area contributed by atoms with Gasteiger partial charge in [-0.3, -0.25) is 0 Å². The second-order valence-corrected chi connectivity index (χ2v) is 6.34. The molecule has 0 unspecified atom stereocenters. The van der Waals surface area contributed by atoms with E-state index in [4.69, 9.17) is 4.74 Å². The third-order valence-electron chi connectivity index (χ3n) is 1.79. The number of rotatable bonds is 4. The van der Waals surface area contributed by atoms with Crippen LogP contribution in [-0.4, -0.2) is 0 Å². The van der Waals surface area contributed by atoms with E-state index in [1.165, 1.54) is 0 Å². The van der Waals surface area contributed by atoms with Crippen molar-refractivity contribution in [3.05, 3.63) is 49.0 Å². The first kappa shape index (κ1) is 15.8. The lowest BCUT2D eigenvalue weighted by Crippen LogP contribution is -2.05. The largest absolute Gasteiger partial charge is 0.458 e. The van der Waals surface area contributed by atoms with Gasteiger partial charge in [0.05, 0.1) is 0 Å². The normalized spacial score (nSPS) is 14.5. The van der Waals surface area contributed by atoms with Crippen molar-refractivity contribution in [2.24, 2.45) is 10.8 Å². The zero-order valence-electron chi connectivity index (χ0n) is 12.1. The van der Waals surface area contributed by atoms with Crippen molar-refractivity contribution in [1.82, 2.24) is 0 Å². The first-order chi connectivity index (χ1) is 7.57. The van der Waals surface area contributed by atoms with Gasteiger partial charge in [-0.05, 0) is 35.1 Å². The highest BCUT2D eigenvalue weighted by atomic mass is 16.5. The lowest BCUT2D eigenvalue weighted by atomic mass is 9.95. The van der Waals surface area contributed by atoms with E-state index >= 15 is 0 Å². The Morgan fingerprint density at radius 1 is 0.765 bits per heavy atom. The van der Waals surface area contributed by atoms with Gasteiger partial charge in [0, 0.05) is 0 Å². The molecular formula is C16H26O. The lowest BCUT2D eigenvalue weighted by molar-refractivity contribution is 0.317. The highest BCUT2D eigenvalue weighted by Crippen LogP contribution is 2.23. The second kappa shape index (κ2) is 5.90. The van der Waals surface area contributed by atoms with Crippen LogP contribution in [0.25, 0.3) is 0 Å². The minimum Gasteiger partial charge on any atom is -0.458 e. The number of allylic oxidation sites excluding steroid dienone is 4. The highest BCUT2D eigenvalue weighted by molar-refractivity contribution is 5.20. The molecule has 0 spiro atoms. The molecule has 17 heavy (non-hydrogen) atoms. The van der Waals surface area contributed by atoms with Crippen LogP contribution in [-0.2, 0) is 4.74 Å². The monoisotopic (exact) mass is 234 g/mol. The van der Waals surface area contributed by atoms with Gasteiger partial charge >= 0.3 is 0 Å². The van der Waals surface area contributed by atoms with Crippen LogP contribution in [0.15, 0.2) is 49.0 Å². The Hall–Kier alpha value is -1.24. The van der Waals surface area contributed by atoms with Crippen molar-refractivity contribution >= 4 is 0 Å². The minimum atomic E-state index is 0.0670. The molecular weight excluding hydrogens is 208 g/mol. The quantitative estimate of drug-likeness (QED) is 0.478. The van der Waals surface area contributed by atoms with Crippen LogP contribution in [0.4, 0.5) is 0 Å². The number of hydrogen-bond donors (Lipinski definition) is 0. The molecule has 1 nitrogen and oxygen atoms in total. The molecule has 0 radical (unpaired) electrons. The Labute approximate surface area is 107 Å². The van der Waals surface area contributed by atoms with Crippen LogP contribution in [0.5, 0.6) is 0 Å². The van der Waals surface area contributed by atoms with Gasteiger partial charge in [0.25, 0.3) is 0 Å². The summed E-state index contributed by atoms with van der Waals surface area (Å²) < 4.78 is 5.79. The van der Waals surface area contributed by atoms with Gasteiger partial charge in [-0.2, -0.15) is 0 Å². The minimum absolute atomic E-state index is 0.0670. The van der Waals surface area contributed by atoms with Crippen LogP contribution >= 0.6 is 0 Å². The summed E-state index contributed by atoms with van der Waals surface area (Å²) in [5, 5.41) is 0. The smallest absolute Gasteiger partial charge is 0.123 e. The van der Waals surface area contributed by atoms with Crippen molar-refractivity contribution < 1.29 is 4.74 Å². The van der Waals surface area contributed by atoms with E-state index in [1.54, 1.807) is 12.2 Å². The lowest BCUT2D eigenvalue weighted by Gasteiger charge is -2.18. The van der Waals surface area contributed by atoms with E-state index in [9.17, 15) is 0 Å². The summed E-state index contributed by atoms with van der Waals surface area (Å²) in [6.07, 6.45) is 7.57. The summed E-state index contributed by atoms with van der Waals surface area (Å²) in [7, 11) is 0. The van der Waals surface area contributed by atoms with Crippen molar-refractivity contribution in [3.63, 3.8) is 0 Å². The van der Waals surface area contributed by atoms with Gasteiger partial charge in [0.15, 0.2) is 0 Å². The molecule has 0 aromatic carbocycles. The molecule has 96 valence electrons. The first-order valence-electron chi connectivity index (χ1n) is 5.96. The first-order valence-corrected chi connectivity index (χ1v) is 5.96. The molecule has 0 aromatic heterocycles. The fourth-order valence-corrected chi connectivity index (χ4v) is 1.25. The fraction of sp³-hybridized carbons (Fsp3) is 0.500. The summed E-state index contributed by atoms with van der Waals surface area (Å²) >= 11 is 0. The van der Waals surface area contributed by atoms with Gasteiger partial charge in [-0.15, -0.1) is 0 Å². The Bertz CT molecular complexity index is 296. The standard InChI is InChI=1S/C16H26O/c1-9-13(11-15(3,4)5)17-14(10-2)12-16(6,7)8/h9-12H,1-2H2,3-8H3. The molecule has 0 atom stereocenters. The third kappa shape index (κ3) is 8.56. The molecule has 0 amide bonds. The number of hydrogen-bond acceptors (Lipinski definition) is 1. The van der Waals surface area contributed by atoms with Crippen LogP contribution < -0.4 is 0 Å². The van der Waals surface area contributed by atoms with Crippen LogP contribution in [0.3, 0.4) is 0 Å². The van der Waals surface area contributed by atoms with Crippen LogP contribution in [0, 0.1) is 10.8 Å². The predicted octanol–water partition coefficient (Wildman–Crippen LogP) is 5.24. The predicted molar refractivity (Wildman–Crippen MR) is 76.6 cm³/mol. The van der Waals surface area contributed by atoms with Gasteiger partial charge in [0.2, 0.25) is 0 Å². The summed E-state index contributed by atoms with van der Waals surface area (Å²) in [5.74, 6) is 1.54. The van der Waals surface area contributed by atoms with E-state index in [1.807, 2.05) is 0 Å². The maximum atomic E-state index is 5.79. The molecule has 1 heteroatoms. The Balaban J connectivity index is 5.02. The number of ether oxygens (including phenoxy) is 1. The molecule has 0 aliphatic heterocycles. The van der Waals surface area contributed by atoms with Crippen molar-refractivity contribution in [1.29, 1.82) is 0 Å². The van der Waals surface area contributed by atoms with E-state index in [2.05, 4.69) is 66.9 Å². The summed E-state index contributed by atoms with van der Waals surface area (Å²) in [6.45, 7) is 20.3. The Kier molecular flexibility index (Phi) is 5.47. The molecule has 0 heterocycles. The van der Waals surface area contributed by atoms with E-state index in [-0.39, 0.29) is 10.8 Å². The fourth-order valence-electron chi connectivity index (χ4n) is 1.25. The van der Waals surface area contributed by atoms with Gasteiger partial charge < -0.3 is 4.74 Å². The van der Waals surface area contributed by atoms with E-state index in [0.717, 1.165) is 11.5 Å². The van der Waals surface area contributed by atoms with Crippen molar-refractivity contribution in [3.8, 4) is 0 Å². The topological polar surface area (TPSA) is 9.23 Å². The second-order valence-electron chi connectivity index (χ2n) is 6.34. The van der Waals surface area contributed by atoms with Gasteiger partial charge in [0.1, 0.15) is 11.5 Å². The maximum absolute atomic E-state index is 5.79. The average Bonchev–Trinajstić information content (AvgIpc) is 2.11. The summed E-state index contributed by atoms with van der Waals surface area (Å²) in [5.41, 5.74) is 0.134. The van der Waals surface area contributed by atoms with Gasteiger partial charge in [-0.1, -0.05) is 54.7 Å². The zero-order valence-corrected chi connectivity index (χ0v) is 12.1. The average molecular weight is 234 g/mol. The molecule has 0 aromatic rings. The van der Waals surface area contributed by atoms with Gasteiger partial charge in [-0.25, -0.2) is 0 Å². The SMILES string of the molecule is C=CC(=CC(C)(C)C)OC(C=C)=CC(C)(C)C. The van der Waals surface area contributed by atoms with Crippen molar-refractivity contribution in [2.75, 3.05) is 0 Å². The maximum Gasteiger partial charge on any atom is 0.123 e. The summed E-state index contributed by atoms with van der Waals surface area (Å²) in [4.78, 5) is 0. The molecule has 0 saturated carbocycles. The van der Waals surface area contributed by atoms with Crippen LogP contribution in [0.2, 0.25) is 0 Å². The molecule has 0 aliphatic rings. The summed E-state index contributed by atoms with van der Waals surface area (Å²) in [6, 6.07) is 0. The molecule has 0 aliphatic carbocycles. The molecule has 0 rings (SSSR count). The molecule has 0 fully saturated rings. The Morgan fingerprint density at radius 2 is 1.06 bits per heavy atom. The molecule has 0 N–H and O–H groups in total. The van der Waals surface area contributed by atoms with E-state index in [0.29, 0.717) is 0 Å². The zero-order chi connectivity index (χ0) is 13.7. The Morgan fingerprint density at radius 3 is 1.24 bits per heavy atom.